The molecule has 2 atom stereocenters. The fourth-order valence-corrected chi connectivity index (χ4v) is 4.94. The van der Waals surface area contributed by atoms with E-state index < -0.39 is 5.72 Å². The van der Waals surface area contributed by atoms with Crippen LogP contribution in [0.4, 0.5) is 5.69 Å². The van der Waals surface area contributed by atoms with Crippen molar-refractivity contribution < 1.29 is 9.53 Å². The molecular formula is C24H18BrN3O2. The number of aryl methyl sites for hydroxylation is 1. The van der Waals surface area contributed by atoms with E-state index in [-0.39, 0.29) is 11.9 Å². The van der Waals surface area contributed by atoms with Crippen molar-refractivity contribution in [2.24, 2.45) is 5.10 Å². The lowest BCUT2D eigenvalue weighted by Gasteiger charge is -2.44. The zero-order valence-corrected chi connectivity index (χ0v) is 17.8. The van der Waals surface area contributed by atoms with E-state index in [2.05, 4.69) is 58.5 Å². The zero-order valence-electron chi connectivity index (χ0n) is 16.2. The van der Waals surface area contributed by atoms with Crippen molar-refractivity contribution in [1.82, 2.24) is 5.01 Å². The second kappa shape index (κ2) is 6.19. The fraction of sp³-hybridized carbons (Fsp3) is 0.167. The molecule has 5 nitrogen and oxygen atoms in total. The van der Waals surface area contributed by atoms with Gasteiger partial charge >= 0.3 is 5.72 Å². The number of para-hydroxylation sites is 1. The van der Waals surface area contributed by atoms with Crippen molar-refractivity contribution in [2.75, 3.05) is 5.32 Å². The van der Waals surface area contributed by atoms with Crippen LogP contribution in [-0.4, -0.2) is 16.6 Å². The average Bonchev–Trinajstić information content (AvgIpc) is 3.30. The van der Waals surface area contributed by atoms with Crippen LogP contribution in [0.2, 0.25) is 0 Å². The van der Waals surface area contributed by atoms with Gasteiger partial charge in [-0.1, -0.05) is 64.0 Å². The summed E-state index contributed by atoms with van der Waals surface area (Å²) in [5, 5.41) is 9.83. The number of nitrogens with zero attached hydrogens (tertiary/aromatic N) is 2. The molecule has 3 aromatic rings. The van der Waals surface area contributed by atoms with Crippen molar-refractivity contribution in [2.45, 2.75) is 25.1 Å². The highest BCUT2D eigenvalue weighted by atomic mass is 79.9. The van der Waals surface area contributed by atoms with Gasteiger partial charge in [0.1, 0.15) is 5.75 Å². The van der Waals surface area contributed by atoms with Crippen LogP contribution in [0.15, 0.2) is 76.3 Å². The maximum atomic E-state index is 13.4. The molecule has 0 saturated heterocycles. The Bertz CT molecular complexity index is 1240. The van der Waals surface area contributed by atoms with Gasteiger partial charge in [0.05, 0.1) is 23.0 Å². The molecule has 0 radical (unpaired) electrons. The minimum Gasteiger partial charge on any atom is -0.453 e. The number of hydrazone groups is 1. The van der Waals surface area contributed by atoms with Crippen LogP contribution >= 0.6 is 15.9 Å². The van der Waals surface area contributed by atoms with Crippen molar-refractivity contribution in [3.63, 3.8) is 0 Å². The van der Waals surface area contributed by atoms with Crippen LogP contribution in [0.25, 0.3) is 0 Å². The zero-order chi connectivity index (χ0) is 20.5. The third kappa shape index (κ3) is 2.34. The number of nitrogens with one attached hydrogen (secondary N) is 1. The Hall–Kier alpha value is -3.12. The lowest BCUT2D eigenvalue weighted by molar-refractivity contribution is -0.161. The third-order valence-corrected chi connectivity index (χ3v) is 6.55. The first-order valence-corrected chi connectivity index (χ1v) is 10.7. The first-order chi connectivity index (χ1) is 14.6. The molecule has 0 aromatic heterocycles. The summed E-state index contributed by atoms with van der Waals surface area (Å²) in [6.45, 7) is 2.07. The second-order valence-electron chi connectivity index (χ2n) is 7.91. The van der Waals surface area contributed by atoms with Crippen LogP contribution in [0, 0.1) is 6.92 Å². The van der Waals surface area contributed by atoms with E-state index in [4.69, 9.17) is 9.84 Å². The molecule has 1 N–H and O–H groups in total. The maximum Gasteiger partial charge on any atom is 0.306 e. The first kappa shape index (κ1) is 17.7. The molecular weight excluding hydrogens is 442 g/mol. The molecule has 0 bridgehead atoms. The number of rotatable bonds is 1. The fourth-order valence-electron chi connectivity index (χ4n) is 4.58. The highest BCUT2D eigenvalue weighted by Gasteiger charge is 2.60. The Morgan fingerprint density at radius 3 is 2.77 bits per heavy atom. The summed E-state index contributed by atoms with van der Waals surface area (Å²) in [7, 11) is 0. The topological polar surface area (TPSA) is 53.9 Å². The molecule has 6 heteroatoms. The summed E-state index contributed by atoms with van der Waals surface area (Å²) in [6.07, 6.45) is 0.710. The van der Waals surface area contributed by atoms with E-state index in [0.29, 0.717) is 6.42 Å². The van der Waals surface area contributed by atoms with Crippen LogP contribution in [0.3, 0.4) is 0 Å². The number of hydrogen-bond donors (Lipinski definition) is 1. The van der Waals surface area contributed by atoms with E-state index >= 15 is 0 Å². The molecule has 3 heterocycles. The van der Waals surface area contributed by atoms with Crippen molar-refractivity contribution in [3.05, 3.63) is 93.5 Å². The number of anilines is 1. The van der Waals surface area contributed by atoms with Gasteiger partial charge in [-0.25, -0.2) is 5.01 Å². The Morgan fingerprint density at radius 1 is 1.13 bits per heavy atom. The van der Waals surface area contributed by atoms with Crippen LogP contribution < -0.4 is 10.1 Å². The van der Waals surface area contributed by atoms with Gasteiger partial charge in [-0.15, -0.1) is 0 Å². The van der Waals surface area contributed by atoms with Gasteiger partial charge in [-0.05, 0) is 36.8 Å². The quantitative estimate of drug-likeness (QED) is 0.550. The molecule has 3 aliphatic heterocycles. The number of carbonyl (C=O) groups is 1. The van der Waals surface area contributed by atoms with Gasteiger partial charge in [-0.2, -0.15) is 5.10 Å². The van der Waals surface area contributed by atoms with Gasteiger partial charge in [0, 0.05) is 16.5 Å². The van der Waals surface area contributed by atoms with Crippen LogP contribution in [-0.2, 0) is 10.5 Å². The predicted octanol–water partition coefficient (Wildman–Crippen LogP) is 5.11. The summed E-state index contributed by atoms with van der Waals surface area (Å²) >= 11 is 3.55. The monoisotopic (exact) mass is 459 g/mol. The predicted molar refractivity (Wildman–Crippen MR) is 118 cm³/mol. The molecule has 0 fully saturated rings. The lowest BCUT2D eigenvalue weighted by Crippen LogP contribution is -2.55. The van der Waals surface area contributed by atoms with Crippen molar-refractivity contribution >= 4 is 33.2 Å². The standard InChI is InChI=1S/C24H18BrN3O2/c1-14-6-8-15(9-7-14)20-13-21-17-4-2-3-5-22(17)30-24(28(21)27-20)18-12-16(25)10-11-19(18)26-23(24)29/h2-12,21H,13H2,1H3,(H,26,29)/t21-,24-/m1/s1. The molecule has 0 unspecified atom stereocenters. The number of benzene rings is 3. The van der Waals surface area contributed by atoms with Gasteiger partial charge in [0.2, 0.25) is 0 Å². The summed E-state index contributed by atoms with van der Waals surface area (Å²) in [5.41, 5.74) is 4.46. The van der Waals surface area contributed by atoms with E-state index in [1.165, 1.54) is 5.56 Å². The van der Waals surface area contributed by atoms with Crippen LogP contribution in [0.1, 0.15) is 34.7 Å². The molecule has 1 amide bonds. The summed E-state index contributed by atoms with van der Waals surface area (Å²) in [5.74, 6) is 0.506. The Balaban J connectivity index is 1.57. The Morgan fingerprint density at radius 2 is 1.93 bits per heavy atom. The minimum absolute atomic E-state index is 0.0815. The summed E-state index contributed by atoms with van der Waals surface area (Å²) < 4.78 is 7.36. The van der Waals surface area contributed by atoms with Crippen LogP contribution in [0.5, 0.6) is 5.75 Å². The van der Waals surface area contributed by atoms with Gasteiger partial charge in [-0.3, -0.25) is 4.79 Å². The lowest BCUT2D eigenvalue weighted by atomic mass is 9.92. The highest BCUT2D eigenvalue weighted by molar-refractivity contribution is 9.10. The normalized spacial score (nSPS) is 23.4. The van der Waals surface area contributed by atoms with E-state index in [1.54, 1.807) is 0 Å². The number of fused-ring (bicyclic) bond motifs is 6. The smallest absolute Gasteiger partial charge is 0.306 e. The number of halogens is 1. The SMILES string of the molecule is Cc1ccc(C2=NN3[C@H](C2)c2ccccc2O[C@]32C(=O)Nc3ccc(Br)cc32)cc1. The Labute approximate surface area is 182 Å². The number of amides is 1. The van der Waals surface area contributed by atoms with Crippen molar-refractivity contribution in [1.29, 1.82) is 0 Å². The van der Waals surface area contributed by atoms with E-state index in [0.717, 1.165) is 38.3 Å². The van der Waals surface area contributed by atoms with E-state index in [9.17, 15) is 4.79 Å². The highest BCUT2D eigenvalue weighted by Crippen LogP contribution is 2.54. The molecule has 30 heavy (non-hydrogen) atoms. The maximum absolute atomic E-state index is 13.4. The molecule has 3 aromatic carbocycles. The number of hydrogen-bond acceptors (Lipinski definition) is 4. The minimum atomic E-state index is -1.33. The molecule has 0 aliphatic carbocycles. The summed E-state index contributed by atoms with van der Waals surface area (Å²) in [4.78, 5) is 13.4. The van der Waals surface area contributed by atoms with Gasteiger partial charge < -0.3 is 10.1 Å². The number of ether oxygens (including phenoxy) is 1. The van der Waals surface area contributed by atoms with Crippen molar-refractivity contribution in [3.8, 4) is 5.75 Å². The molecule has 3 aliphatic rings. The molecule has 6 rings (SSSR count). The molecule has 1 spiro atoms. The second-order valence-corrected chi connectivity index (χ2v) is 8.82. The largest absolute Gasteiger partial charge is 0.453 e. The van der Waals surface area contributed by atoms with Gasteiger partial charge in [0.25, 0.3) is 5.91 Å². The van der Waals surface area contributed by atoms with Gasteiger partial charge in [0.15, 0.2) is 0 Å². The molecule has 0 saturated carbocycles. The first-order valence-electron chi connectivity index (χ1n) is 9.89. The third-order valence-electron chi connectivity index (χ3n) is 6.06. The summed E-state index contributed by atoms with van der Waals surface area (Å²) in [6, 6.07) is 22.0. The number of carbonyl (C=O) groups excluding carboxylic acids is 1. The molecule has 148 valence electrons. The average molecular weight is 460 g/mol. The Kier molecular flexibility index (Phi) is 3.65. The van der Waals surface area contributed by atoms with E-state index in [1.807, 2.05) is 41.4 Å².